The summed E-state index contributed by atoms with van der Waals surface area (Å²) in [6, 6.07) is 3.06. The number of rotatable bonds is 4. The molecule has 1 atom stereocenters. The van der Waals surface area contributed by atoms with E-state index in [1.165, 1.54) is 0 Å². The highest BCUT2D eigenvalue weighted by molar-refractivity contribution is 9.10. The van der Waals surface area contributed by atoms with Crippen molar-refractivity contribution in [1.29, 1.82) is 0 Å². The summed E-state index contributed by atoms with van der Waals surface area (Å²) in [5.41, 5.74) is 0.368. The zero-order chi connectivity index (χ0) is 14.4. The Morgan fingerprint density at radius 2 is 2.21 bits per heavy atom. The second kappa shape index (κ2) is 7.02. The second-order valence-electron chi connectivity index (χ2n) is 3.52. The molecule has 0 spiro atoms. The minimum atomic E-state index is -1.20. The Kier molecular flexibility index (Phi) is 5.67. The van der Waals surface area contributed by atoms with E-state index in [9.17, 15) is 9.59 Å². The third kappa shape index (κ3) is 4.81. The topological polar surface area (TPSA) is 78.4 Å². The summed E-state index contributed by atoms with van der Waals surface area (Å²) >= 11 is 9.14. The molecule has 1 unspecified atom stereocenters. The van der Waals surface area contributed by atoms with Crippen LogP contribution in [0.1, 0.15) is 6.42 Å². The van der Waals surface area contributed by atoms with E-state index >= 15 is 0 Å². The predicted octanol–water partition coefficient (Wildman–Crippen LogP) is 2.70. The molecule has 0 saturated heterocycles. The minimum absolute atomic E-state index is 0.100. The molecule has 19 heavy (non-hydrogen) atoms. The van der Waals surface area contributed by atoms with Crippen molar-refractivity contribution in [2.24, 2.45) is 0 Å². The van der Waals surface area contributed by atoms with E-state index in [1.54, 1.807) is 18.2 Å². The quantitative estimate of drug-likeness (QED) is 0.734. The normalized spacial score (nSPS) is 11.2. The lowest BCUT2D eigenvalue weighted by molar-refractivity contribution is -0.139. The first-order valence-electron chi connectivity index (χ1n) is 5.13. The standard InChI is InChI=1S/C12H10BrClN2O3/c1-2-3-10(11(17)18)16-12(19)15-9-5-4-7(13)6-8(9)14/h1,4-6,10H,3H2,(H,17,18)(H2,15,16,19). The van der Waals surface area contributed by atoms with Gasteiger partial charge in [0.1, 0.15) is 6.04 Å². The molecule has 2 amide bonds. The van der Waals surface area contributed by atoms with Gasteiger partial charge in [0.25, 0.3) is 0 Å². The number of terminal acetylenes is 1. The number of benzene rings is 1. The first kappa shape index (κ1) is 15.3. The van der Waals surface area contributed by atoms with Crippen LogP contribution in [0.15, 0.2) is 22.7 Å². The third-order valence-electron chi connectivity index (χ3n) is 2.10. The molecule has 3 N–H and O–H groups in total. The van der Waals surface area contributed by atoms with Gasteiger partial charge in [-0.05, 0) is 18.2 Å². The van der Waals surface area contributed by atoms with E-state index < -0.39 is 18.0 Å². The maximum Gasteiger partial charge on any atom is 0.327 e. The Labute approximate surface area is 123 Å². The number of aliphatic carboxylic acids is 1. The van der Waals surface area contributed by atoms with Gasteiger partial charge in [0, 0.05) is 10.9 Å². The van der Waals surface area contributed by atoms with Crippen molar-refractivity contribution < 1.29 is 14.7 Å². The molecular formula is C12H10BrClN2O3. The summed E-state index contributed by atoms with van der Waals surface area (Å²) in [6.07, 6.45) is 4.92. The molecule has 0 saturated carbocycles. The summed E-state index contributed by atoms with van der Waals surface area (Å²) in [6.45, 7) is 0. The lowest BCUT2D eigenvalue weighted by atomic mass is 10.2. The third-order valence-corrected chi connectivity index (χ3v) is 2.91. The Hall–Kier alpha value is -1.71. The number of anilines is 1. The zero-order valence-electron chi connectivity index (χ0n) is 9.61. The number of carboxylic acid groups (broad SMARTS) is 1. The highest BCUT2D eigenvalue weighted by Crippen LogP contribution is 2.25. The van der Waals surface area contributed by atoms with Crippen molar-refractivity contribution in [3.8, 4) is 12.3 Å². The van der Waals surface area contributed by atoms with Crippen molar-refractivity contribution in [3.05, 3.63) is 27.7 Å². The summed E-state index contributed by atoms with van der Waals surface area (Å²) < 4.78 is 0.763. The van der Waals surface area contributed by atoms with Crippen molar-refractivity contribution in [1.82, 2.24) is 5.32 Å². The molecule has 5 nitrogen and oxygen atoms in total. The molecule has 0 radical (unpaired) electrons. The molecule has 1 aromatic carbocycles. The lowest BCUT2D eigenvalue weighted by Crippen LogP contribution is -2.42. The fourth-order valence-corrected chi connectivity index (χ4v) is 1.95. The van der Waals surface area contributed by atoms with E-state index in [1.807, 2.05) is 0 Å². The Morgan fingerprint density at radius 3 is 2.74 bits per heavy atom. The number of amides is 2. The van der Waals surface area contributed by atoms with E-state index in [0.29, 0.717) is 10.7 Å². The van der Waals surface area contributed by atoms with Gasteiger partial charge in [-0.1, -0.05) is 27.5 Å². The minimum Gasteiger partial charge on any atom is -0.480 e. The van der Waals surface area contributed by atoms with Crippen LogP contribution < -0.4 is 10.6 Å². The summed E-state index contributed by atoms with van der Waals surface area (Å²) in [5, 5.41) is 13.9. The Morgan fingerprint density at radius 1 is 1.53 bits per heavy atom. The number of urea groups is 1. The number of carbonyl (C=O) groups excluding carboxylic acids is 1. The van der Waals surface area contributed by atoms with Gasteiger partial charge in [-0.25, -0.2) is 9.59 Å². The number of nitrogens with one attached hydrogen (secondary N) is 2. The Balaban J connectivity index is 2.69. The van der Waals surface area contributed by atoms with Crippen LogP contribution in [0.25, 0.3) is 0 Å². The SMILES string of the molecule is C#CCC(NC(=O)Nc1ccc(Br)cc1Cl)C(=O)O. The van der Waals surface area contributed by atoms with E-state index in [0.717, 1.165) is 4.47 Å². The smallest absolute Gasteiger partial charge is 0.327 e. The molecule has 0 heterocycles. The van der Waals surface area contributed by atoms with E-state index in [-0.39, 0.29) is 6.42 Å². The number of halogens is 2. The van der Waals surface area contributed by atoms with Gasteiger partial charge in [-0.3, -0.25) is 0 Å². The van der Waals surface area contributed by atoms with Gasteiger partial charge >= 0.3 is 12.0 Å². The van der Waals surface area contributed by atoms with Gasteiger partial charge < -0.3 is 15.7 Å². The molecule has 0 aliphatic heterocycles. The molecule has 1 rings (SSSR count). The molecule has 0 aliphatic rings. The van der Waals surface area contributed by atoms with Crippen LogP contribution in [0, 0.1) is 12.3 Å². The maximum absolute atomic E-state index is 11.6. The van der Waals surface area contributed by atoms with Gasteiger partial charge in [-0.2, -0.15) is 0 Å². The monoisotopic (exact) mass is 344 g/mol. The van der Waals surface area contributed by atoms with Crippen molar-refractivity contribution in [3.63, 3.8) is 0 Å². The van der Waals surface area contributed by atoms with Crippen molar-refractivity contribution >= 4 is 45.2 Å². The van der Waals surface area contributed by atoms with Gasteiger partial charge in [0.2, 0.25) is 0 Å². The number of carbonyl (C=O) groups is 2. The van der Waals surface area contributed by atoms with E-state index in [4.69, 9.17) is 23.1 Å². The predicted molar refractivity (Wildman–Crippen MR) is 76.2 cm³/mol. The fraction of sp³-hybridized carbons (Fsp3) is 0.167. The number of hydrogen-bond acceptors (Lipinski definition) is 2. The molecular weight excluding hydrogens is 336 g/mol. The van der Waals surface area contributed by atoms with Crippen LogP contribution >= 0.6 is 27.5 Å². The Bertz CT molecular complexity index is 542. The summed E-state index contributed by atoms with van der Waals surface area (Å²) in [5.74, 6) is 0.983. The first-order chi connectivity index (χ1) is 8.93. The fourth-order valence-electron chi connectivity index (χ4n) is 1.23. The molecule has 0 aromatic heterocycles. The van der Waals surface area contributed by atoms with Crippen LogP contribution in [0.3, 0.4) is 0 Å². The van der Waals surface area contributed by atoms with Crippen LogP contribution in [0.2, 0.25) is 5.02 Å². The van der Waals surface area contributed by atoms with Crippen LogP contribution in [-0.2, 0) is 4.79 Å². The largest absolute Gasteiger partial charge is 0.480 e. The van der Waals surface area contributed by atoms with Crippen LogP contribution in [-0.4, -0.2) is 23.1 Å². The van der Waals surface area contributed by atoms with Gasteiger partial charge in [-0.15, -0.1) is 12.3 Å². The molecule has 0 aliphatic carbocycles. The molecule has 1 aromatic rings. The molecule has 7 heteroatoms. The van der Waals surface area contributed by atoms with Crippen LogP contribution in [0.5, 0.6) is 0 Å². The average molecular weight is 346 g/mol. The molecule has 100 valence electrons. The van der Waals surface area contributed by atoms with Crippen molar-refractivity contribution in [2.45, 2.75) is 12.5 Å². The first-order valence-corrected chi connectivity index (χ1v) is 6.30. The van der Waals surface area contributed by atoms with Gasteiger partial charge in [0.15, 0.2) is 0 Å². The lowest BCUT2D eigenvalue weighted by Gasteiger charge is -2.13. The van der Waals surface area contributed by atoms with Crippen LogP contribution in [0.4, 0.5) is 10.5 Å². The zero-order valence-corrected chi connectivity index (χ0v) is 12.0. The summed E-state index contributed by atoms with van der Waals surface area (Å²) in [4.78, 5) is 22.4. The van der Waals surface area contributed by atoms with Gasteiger partial charge in [0.05, 0.1) is 10.7 Å². The highest BCUT2D eigenvalue weighted by atomic mass is 79.9. The highest BCUT2D eigenvalue weighted by Gasteiger charge is 2.19. The second-order valence-corrected chi connectivity index (χ2v) is 4.84. The summed E-state index contributed by atoms with van der Waals surface area (Å²) in [7, 11) is 0. The number of hydrogen-bond donors (Lipinski definition) is 3. The van der Waals surface area contributed by atoms with E-state index in [2.05, 4.69) is 32.5 Å². The molecule has 0 fully saturated rings. The maximum atomic E-state index is 11.6. The number of carboxylic acids is 1. The molecule has 0 bridgehead atoms. The van der Waals surface area contributed by atoms with Crippen molar-refractivity contribution in [2.75, 3.05) is 5.32 Å². The average Bonchev–Trinajstić information content (AvgIpc) is 2.32.